The number of hydrogen-bond acceptors (Lipinski definition) is 1. The van der Waals surface area contributed by atoms with E-state index in [-0.39, 0.29) is 0 Å². The molecule has 0 bridgehead atoms. The van der Waals surface area contributed by atoms with Gasteiger partial charge in [-0.25, -0.2) is 4.98 Å². The molecule has 6 aromatic carbocycles. The highest BCUT2D eigenvalue weighted by Gasteiger charge is 2.24. The van der Waals surface area contributed by atoms with Crippen molar-refractivity contribution in [1.82, 2.24) is 14.0 Å². The number of rotatable bonds is 1. The molecule has 190 valence electrons. The summed E-state index contributed by atoms with van der Waals surface area (Å²) in [5.41, 5.74) is 13.5. The van der Waals surface area contributed by atoms with E-state index >= 15 is 0 Å². The molecule has 41 heavy (non-hydrogen) atoms. The molecule has 3 heteroatoms. The van der Waals surface area contributed by atoms with Crippen molar-refractivity contribution in [2.24, 2.45) is 0 Å². The van der Waals surface area contributed by atoms with E-state index in [9.17, 15) is 0 Å². The third-order valence-corrected chi connectivity index (χ3v) is 9.07. The maximum absolute atomic E-state index is 5.24. The summed E-state index contributed by atoms with van der Waals surface area (Å²) < 4.78 is 4.84. The predicted octanol–water partition coefficient (Wildman–Crippen LogP) is 9.46. The Morgan fingerprint density at radius 3 is 2.20 bits per heavy atom. The first-order valence-corrected chi connectivity index (χ1v) is 14.2. The molecule has 0 unspecified atom stereocenters. The fourth-order valence-electron chi connectivity index (χ4n) is 7.37. The zero-order valence-electron chi connectivity index (χ0n) is 22.2. The number of benzene rings is 6. The number of pyridine rings is 1. The van der Waals surface area contributed by atoms with Gasteiger partial charge in [-0.15, -0.1) is 0 Å². The normalized spacial score (nSPS) is 12.8. The van der Waals surface area contributed by atoms with Crippen molar-refractivity contribution in [3.8, 4) is 16.8 Å². The van der Waals surface area contributed by atoms with Crippen molar-refractivity contribution in [3.63, 3.8) is 0 Å². The number of para-hydroxylation sites is 4. The Bertz CT molecular complexity index is 2550. The fraction of sp³-hybridized carbons (Fsp3) is 0.0263. The van der Waals surface area contributed by atoms with Crippen molar-refractivity contribution in [1.29, 1.82) is 0 Å². The number of fused-ring (bicyclic) bond motifs is 15. The van der Waals surface area contributed by atoms with Crippen LogP contribution in [0.3, 0.4) is 0 Å². The maximum Gasteiger partial charge on any atom is 0.146 e. The molecule has 0 aliphatic heterocycles. The maximum atomic E-state index is 5.24. The molecule has 3 nitrogen and oxygen atoms in total. The molecule has 1 aliphatic rings. The van der Waals surface area contributed by atoms with Crippen molar-refractivity contribution in [2.45, 2.75) is 6.42 Å². The van der Waals surface area contributed by atoms with Gasteiger partial charge in [0.1, 0.15) is 5.65 Å². The number of nitrogens with zero attached hydrogens (tertiary/aromatic N) is 3. The molecule has 1 aliphatic carbocycles. The molecule has 0 spiro atoms. The minimum absolute atomic E-state index is 0.960. The van der Waals surface area contributed by atoms with Crippen LogP contribution in [-0.4, -0.2) is 14.0 Å². The van der Waals surface area contributed by atoms with Gasteiger partial charge in [0.15, 0.2) is 0 Å². The van der Waals surface area contributed by atoms with Crippen molar-refractivity contribution in [3.05, 3.63) is 139 Å². The molecule has 0 saturated heterocycles. The lowest BCUT2D eigenvalue weighted by atomic mass is 9.97. The molecule has 0 atom stereocenters. The molecule has 0 saturated carbocycles. The van der Waals surface area contributed by atoms with Gasteiger partial charge in [0.05, 0.1) is 27.6 Å². The molecule has 3 aromatic heterocycles. The quantitative estimate of drug-likeness (QED) is 0.197. The first-order valence-electron chi connectivity index (χ1n) is 14.2. The zero-order chi connectivity index (χ0) is 26.7. The van der Waals surface area contributed by atoms with Crippen LogP contribution in [0.25, 0.3) is 77.0 Å². The summed E-state index contributed by atoms with van der Waals surface area (Å²) in [5, 5.41) is 6.22. The predicted molar refractivity (Wildman–Crippen MR) is 170 cm³/mol. The molecular formula is C38H23N3. The van der Waals surface area contributed by atoms with Gasteiger partial charge in [-0.3, -0.25) is 4.40 Å². The van der Waals surface area contributed by atoms with Crippen LogP contribution < -0.4 is 0 Å². The Labute approximate surface area is 235 Å². The lowest BCUT2D eigenvalue weighted by molar-refractivity contribution is 1.19. The average molecular weight is 522 g/mol. The van der Waals surface area contributed by atoms with Crippen molar-refractivity contribution < 1.29 is 0 Å². The topological polar surface area (TPSA) is 22.2 Å². The van der Waals surface area contributed by atoms with Gasteiger partial charge in [-0.05, 0) is 77.2 Å². The Kier molecular flexibility index (Phi) is 3.98. The van der Waals surface area contributed by atoms with Crippen LogP contribution in [0.2, 0.25) is 0 Å². The highest BCUT2D eigenvalue weighted by Crippen LogP contribution is 2.45. The molecule has 0 fully saturated rings. The Morgan fingerprint density at radius 2 is 1.27 bits per heavy atom. The van der Waals surface area contributed by atoms with Gasteiger partial charge in [0.2, 0.25) is 0 Å². The summed E-state index contributed by atoms with van der Waals surface area (Å²) >= 11 is 0. The summed E-state index contributed by atoms with van der Waals surface area (Å²) in [5.74, 6) is 0. The van der Waals surface area contributed by atoms with Gasteiger partial charge < -0.3 is 4.57 Å². The summed E-state index contributed by atoms with van der Waals surface area (Å²) in [6.07, 6.45) is 0.960. The van der Waals surface area contributed by atoms with Crippen LogP contribution >= 0.6 is 0 Å². The van der Waals surface area contributed by atoms with Gasteiger partial charge in [0, 0.05) is 32.6 Å². The van der Waals surface area contributed by atoms with E-state index in [4.69, 9.17) is 4.98 Å². The van der Waals surface area contributed by atoms with Gasteiger partial charge in [-0.2, -0.15) is 0 Å². The van der Waals surface area contributed by atoms with E-state index in [0.717, 1.165) is 23.1 Å². The second kappa shape index (κ2) is 7.61. The first-order chi connectivity index (χ1) is 20.3. The largest absolute Gasteiger partial charge is 0.309 e. The van der Waals surface area contributed by atoms with E-state index in [1.54, 1.807) is 0 Å². The Hall–Kier alpha value is -5.41. The fourth-order valence-corrected chi connectivity index (χ4v) is 7.37. The first kappa shape index (κ1) is 21.4. The van der Waals surface area contributed by atoms with Gasteiger partial charge in [-0.1, -0.05) is 78.9 Å². The number of hydrogen-bond donors (Lipinski definition) is 0. The number of aromatic nitrogens is 3. The zero-order valence-corrected chi connectivity index (χ0v) is 22.2. The van der Waals surface area contributed by atoms with E-state index in [1.807, 2.05) is 0 Å². The summed E-state index contributed by atoms with van der Waals surface area (Å²) in [6.45, 7) is 0. The summed E-state index contributed by atoms with van der Waals surface area (Å²) in [7, 11) is 0. The van der Waals surface area contributed by atoms with Crippen LogP contribution in [0.15, 0.2) is 127 Å². The minimum Gasteiger partial charge on any atom is -0.309 e. The summed E-state index contributed by atoms with van der Waals surface area (Å²) in [6, 6.07) is 46.4. The highest BCUT2D eigenvalue weighted by atomic mass is 15.0. The van der Waals surface area contributed by atoms with Crippen LogP contribution in [0.1, 0.15) is 11.1 Å². The third kappa shape index (κ3) is 2.70. The summed E-state index contributed by atoms with van der Waals surface area (Å²) in [4.78, 5) is 5.24. The molecule has 10 rings (SSSR count). The number of imidazole rings is 1. The minimum atomic E-state index is 0.960. The van der Waals surface area contributed by atoms with Crippen LogP contribution in [0, 0.1) is 0 Å². The highest BCUT2D eigenvalue weighted by molar-refractivity contribution is 6.28. The van der Waals surface area contributed by atoms with Crippen LogP contribution in [-0.2, 0) is 6.42 Å². The Morgan fingerprint density at radius 1 is 0.512 bits per heavy atom. The second-order valence-corrected chi connectivity index (χ2v) is 11.2. The molecule has 0 radical (unpaired) electrons. The van der Waals surface area contributed by atoms with E-state index in [2.05, 4.69) is 136 Å². The van der Waals surface area contributed by atoms with Crippen LogP contribution in [0.5, 0.6) is 0 Å². The Balaban J connectivity index is 1.52. The molecule has 0 N–H and O–H groups in total. The smallest absolute Gasteiger partial charge is 0.146 e. The van der Waals surface area contributed by atoms with E-state index < -0.39 is 0 Å². The van der Waals surface area contributed by atoms with Gasteiger partial charge in [0.25, 0.3) is 0 Å². The molecular weight excluding hydrogens is 498 g/mol. The third-order valence-electron chi connectivity index (χ3n) is 9.07. The SMILES string of the molecule is c1ccc(-n2c3ccccc3c3ccc4c(c5cc6c(cc5n5c7ccccc7nc45)Cc4ccccc4-6)c32)cc1. The lowest BCUT2D eigenvalue weighted by Crippen LogP contribution is -1.97. The monoisotopic (exact) mass is 521 g/mol. The standard InChI is InChI=1S/C38H23N3/c1-2-11-25(12-3-1)40-33-16-8-6-14-27(33)28-18-19-29-36(37(28)40)31-22-30-24(20-23-10-4-5-13-26(23)30)21-35(31)41-34-17-9-7-15-32(34)39-38(29)41/h1-19,21-22H,20H2. The molecule has 0 amide bonds. The average Bonchev–Trinajstić information content (AvgIpc) is 3.70. The molecule has 9 aromatic rings. The van der Waals surface area contributed by atoms with Crippen molar-refractivity contribution >= 4 is 60.2 Å². The van der Waals surface area contributed by atoms with Gasteiger partial charge >= 0.3 is 0 Å². The lowest BCUT2D eigenvalue weighted by Gasteiger charge is -2.15. The van der Waals surface area contributed by atoms with Crippen LogP contribution in [0.4, 0.5) is 0 Å². The van der Waals surface area contributed by atoms with E-state index in [0.29, 0.717) is 0 Å². The second-order valence-electron chi connectivity index (χ2n) is 11.2. The van der Waals surface area contributed by atoms with Crippen molar-refractivity contribution in [2.75, 3.05) is 0 Å². The molecule has 3 heterocycles. The van der Waals surface area contributed by atoms with E-state index in [1.165, 1.54) is 71.4 Å².